The van der Waals surface area contributed by atoms with Gasteiger partial charge < -0.3 is 10.7 Å². The van der Waals surface area contributed by atoms with Gasteiger partial charge in [-0.2, -0.15) is 0 Å². The third-order valence-electron chi connectivity index (χ3n) is 7.03. The van der Waals surface area contributed by atoms with Gasteiger partial charge in [0.05, 0.1) is 0 Å². The second-order valence-electron chi connectivity index (χ2n) is 8.60. The molecule has 28 heavy (non-hydrogen) atoms. The quantitative estimate of drug-likeness (QED) is 0.786. The molecule has 8 nitrogen and oxygen atoms in total. The van der Waals surface area contributed by atoms with E-state index in [2.05, 4.69) is 4.98 Å². The first-order valence-electron chi connectivity index (χ1n) is 10.4. The topological polar surface area (TPSA) is 116 Å². The Balaban J connectivity index is 1.84. The Kier molecular flexibility index (Phi) is 4.47. The van der Waals surface area contributed by atoms with Crippen molar-refractivity contribution < 1.29 is 4.79 Å². The number of H-pyrrole nitrogens is 1. The summed E-state index contributed by atoms with van der Waals surface area (Å²) in [7, 11) is 0. The molecule has 5 rings (SSSR count). The van der Waals surface area contributed by atoms with Crippen LogP contribution in [-0.4, -0.2) is 25.0 Å². The van der Waals surface area contributed by atoms with Gasteiger partial charge in [0.25, 0.3) is 5.56 Å². The van der Waals surface area contributed by atoms with Crippen LogP contribution >= 0.6 is 0 Å². The average Bonchev–Trinajstić information content (AvgIpc) is 3.16. The molecule has 152 valence electrons. The van der Waals surface area contributed by atoms with E-state index in [0.29, 0.717) is 30.7 Å². The highest BCUT2D eigenvalue weighted by Crippen LogP contribution is 2.57. The van der Waals surface area contributed by atoms with Crippen molar-refractivity contribution in [3.05, 3.63) is 26.7 Å². The van der Waals surface area contributed by atoms with Gasteiger partial charge in [-0.1, -0.05) is 13.8 Å². The van der Waals surface area contributed by atoms with Crippen molar-refractivity contribution in [1.29, 1.82) is 0 Å². The minimum Gasteiger partial charge on any atom is -0.369 e. The molecule has 0 unspecified atom stereocenters. The lowest BCUT2D eigenvalue weighted by Gasteiger charge is -2.50. The number of hydrogen-bond donors (Lipinski definition) is 2. The van der Waals surface area contributed by atoms with Gasteiger partial charge in [0, 0.05) is 23.9 Å². The van der Waals surface area contributed by atoms with Crippen LogP contribution in [0, 0.1) is 5.41 Å². The zero-order valence-corrected chi connectivity index (χ0v) is 16.7. The first-order chi connectivity index (χ1) is 13.4. The van der Waals surface area contributed by atoms with Gasteiger partial charge in [0.15, 0.2) is 5.65 Å². The van der Waals surface area contributed by atoms with E-state index < -0.39 is 0 Å². The maximum Gasteiger partial charge on any atom is 0.332 e. The van der Waals surface area contributed by atoms with Crippen molar-refractivity contribution in [3.8, 4) is 0 Å². The fraction of sp³-hybridized carbons (Fsp3) is 0.700. The van der Waals surface area contributed by atoms with Crippen LogP contribution in [0.1, 0.15) is 71.0 Å². The van der Waals surface area contributed by atoms with Gasteiger partial charge in [0.1, 0.15) is 11.3 Å². The largest absolute Gasteiger partial charge is 0.369 e. The van der Waals surface area contributed by atoms with E-state index in [1.54, 1.807) is 4.57 Å². The number of aromatic amines is 1. The van der Waals surface area contributed by atoms with E-state index >= 15 is 0 Å². The van der Waals surface area contributed by atoms with Crippen molar-refractivity contribution in [2.24, 2.45) is 11.1 Å². The van der Waals surface area contributed by atoms with Crippen LogP contribution in [0.15, 0.2) is 9.59 Å². The molecule has 2 aromatic rings. The number of nitrogens with one attached hydrogen (secondary N) is 1. The molecule has 0 radical (unpaired) electrons. The van der Waals surface area contributed by atoms with Crippen molar-refractivity contribution in [3.63, 3.8) is 0 Å². The number of imidazole rings is 1. The maximum atomic E-state index is 13.0. The number of nitrogens with zero attached hydrogens (tertiary/aromatic N) is 3. The van der Waals surface area contributed by atoms with Gasteiger partial charge >= 0.3 is 5.69 Å². The maximum absolute atomic E-state index is 13.0. The molecule has 2 heterocycles. The number of fused-ring (bicyclic) bond motifs is 4. The van der Waals surface area contributed by atoms with Gasteiger partial charge in [-0.25, -0.2) is 9.78 Å². The number of carbonyl (C=O) groups excluding carboxylic acids is 1. The Morgan fingerprint density at radius 3 is 2.14 bits per heavy atom. The first kappa shape index (κ1) is 19.0. The smallest absolute Gasteiger partial charge is 0.332 e. The minimum absolute atomic E-state index is 0.161. The lowest BCUT2D eigenvalue weighted by molar-refractivity contribution is -0.134. The van der Waals surface area contributed by atoms with Crippen molar-refractivity contribution in [2.45, 2.75) is 83.7 Å². The zero-order chi connectivity index (χ0) is 20.1. The molecule has 3 fully saturated rings. The molecule has 2 aromatic heterocycles. The second kappa shape index (κ2) is 6.60. The van der Waals surface area contributed by atoms with Crippen LogP contribution < -0.4 is 17.0 Å². The molecule has 3 aliphatic carbocycles. The summed E-state index contributed by atoms with van der Waals surface area (Å²) in [6.45, 7) is 4.89. The number of hydrogen-bond acceptors (Lipinski definition) is 4. The number of aromatic nitrogens is 4. The molecule has 3 N–H and O–H groups in total. The average molecular weight is 387 g/mol. The SMILES string of the molecule is CCCn1c(=O)c2[nH]c(C34CCC(C(N)=O)(CC3)CC4)nc2n(CCC)c1=O. The van der Waals surface area contributed by atoms with Crippen LogP contribution in [0.4, 0.5) is 0 Å². The molecule has 0 atom stereocenters. The summed E-state index contributed by atoms with van der Waals surface area (Å²) in [5.74, 6) is 0.598. The summed E-state index contributed by atoms with van der Waals surface area (Å²) in [6.07, 6.45) is 6.29. The first-order valence-corrected chi connectivity index (χ1v) is 10.4. The number of carbonyl (C=O) groups is 1. The molecule has 0 aliphatic heterocycles. The van der Waals surface area contributed by atoms with Crippen LogP contribution in [0.5, 0.6) is 0 Å². The lowest BCUT2D eigenvalue weighted by Crippen LogP contribution is -2.50. The Labute approximate surface area is 163 Å². The predicted octanol–water partition coefficient (Wildman–Crippen LogP) is 1.78. The number of rotatable bonds is 6. The molecule has 0 saturated heterocycles. The number of nitrogens with two attached hydrogens (primary N) is 1. The van der Waals surface area contributed by atoms with Crippen molar-refractivity contribution in [1.82, 2.24) is 19.1 Å². The van der Waals surface area contributed by atoms with Crippen LogP contribution in [-0.2, 0) is 23.3 Å². The summed E-state index contributed by atoms with van der Waals surface area (Å²) < 4.78 is 2.94. The molecular formula is C20H29N5O3. The van der Waals surface area contributed by atoms with Gasteiger partial charge in [-0.05, 0) is 51.4 Å². The fourth-order valence-corrected chi connectivity index (χ4v) is 5.17. The van der Waals surface area contributed by atoms with E-state index in [0.717, 1.165) is 50.8 Å². The van der Waals surface area contributed by atoms with Crippen LogP contribution in [0.25, 0.3) is 11.2 Å². The highest BCUT2D eigenvalue weighted by atomic mass is 16.2. The standard InChI is InChI=1S/C20H29N5O3/c1-3-11-24-14-13(15(26)25(12-4-2)18(24)28)22-17(23-14)20-8-5-19(6-9-20,7-10-20)16(21)27/h3-12H2,1-2H3,(H2,21,27)(H,22,23). The highest BCUT2D eigenvalue weighted by molar-refractivity contribution is 5.81. The van der Waals surface area contributed by atoms with E-state index in [-0.39, 0.29) is 28.0 Å². The van der Waals surface area contributed by atoms with Crippen LogP contribution in [0.3, 0.4) is 0 Å². The van der Waals surface area contributed by atoms with Gasteiger partial charge in [-0.3, -0.25) is 18.7 Å². The number of aryl methyl sites for hydroxylation is 1. The molecule has 0 aromatic carbocycles. The predicted molar refractivity (Wildman–Crippen MR) is 106 cm³/mol. The summed E-state index contributed by atoms with van der Waals surface area (Å²) in [4.78, 5) is 45.8. The minimum atomic E-state index is -0.369. The Morgan fingerprint density at radius 1 is 1.04 bits per heavy atom. The molecular weight excluding hydrogens is 358 g/mol. The fourth-order valence-electron chi connectivity index (χ4n) is 5.17. The summed E-state index contributed by atoms with van der Waals surface area (Å²) in [6, 6.07) is 0. The Hall–Kier alpha value is -2.38. The van der Waals surface area contributed by atoms with Crippen molar-refractivity contribution >= 4 is 17.1 Å². The normalized spacial score (nSPS) is 26.8. The van der Waals surface area contributed by atoms with E-state index in [1.807, 2.05) is 13.8 Å². The Bertz CT molecular complexity index is 1020. The molecule has 0 spiro atoms. The highest BCUT2D eigenvalue weighted by Gasteiger charge is 2.53. The third kappa shape index (κ3) is 2.57. The second-order valence-corrected chi connectivity index (χ2v) is 8.60. The van der Waals surface area contributed by atoms with Gasteiger partial charge in [0.2, 0.25) is 5.91 Å². The van der Waals surface area contributed by atoms with Crippen LogP contribution in [0.2, 0.25) is 0 Å². The molecule has 3 saturated carbocycles. The van der Waals surface area contributed by atoms with E-state index in [9.17, 15) is 14.4 Å². The lowest BCUT2D eigenvalue weighted by atomic mass is 9.53. The van der Waals surface area contributed by atoms with E-state index in [4.69, 9.17) is 10.7 Å². The molecule has 2 bridgehead atoms. The monoisotopic (exact) mass is 387 g/mol. The van der Waals surface area contributed by atoms with Crippen molar-refractivity contribution in [2.75, 3.05) is 0 Å². The number of primary amides is 1. The molecule has 1 amide bonds. The van der Waals surface area contributed by atoms with E-state index in [1.165, 1.54) is 4.57 Å². The van der Waals surface area contributed by atoms with Gasteiger partial charge in [-0.15, -0.1) is 0 Å². The molecule has 3 aliphatic rings. The summed E-state index contributed by atoms with van der Waals surface area (Å²) in [5.41, 5.74) is 5.45. The summed E-state index contributed by atoms with van der Waals surface area (Å²) >= 11 is 0. The number of amides is 1. The summed E-state index contributed by atoms with van der Waals surface area (Å²) in [5, 5.41) is 0. The Morgan fingerprint density at radius 2 is 1.61 bits per heavy atom. The molecule has 8 heteroatoms. The third-order valence-corrected chi connectivity index (χ3v) is 7.03. The zero-order valence-electron chi connectivity index (χ0n) is 16.7.